The minimum Gasteiger partial charge on any atom is -0.478 e. The van der Waals surface area contributed by atoms with Crippen LogP contribution in [0, 0.1) is 5.82 Å². The van der Waals surface area contributed by atoms with Gasteiger partial charge in [0.05, 0.1) is 22.4 Å². The summed E-state index contributed by atoms with van der Waals surface area (Å²) in [5, 5.41) is 12.1. The quantitative estimate of drug-likeness (QED) is 0.854. The van der Waals surface area contributed by atoms with Gasteiger partial charge >= 0.3 is 5.97 Å². The molecule has 0 spiro atoms. The molecule has 0 amide bonds. The molecule has 1 aromatic heterocycles. The molecular weight excluding hydrogens is 277 g/mol. The lowest BCUT2D eigenvalue weighted by Crippen LogP contribution is -2.08. The van der Waals surface area contributed by atoms with Crippen LogP contribution in [-0.4, -0.2) is 24.7 Å². The first-order valence-electron chi connectivity index (χ1n) is 5.04. The van der Waals surface area contributed by atoms with Gasteiger partial charge in [-0.25, -0.2) is 17.6 Å². The van der Waals surface area contributed by atoms with Gasteiger partial charge in [-0.1, -0.05) is 5.16 Å². The zero-order valence-corrected chi connectivity index (χ0v) is 10.2. The smallest absolute Gasteiger partial charge is 0.338 e. The van der Waals surface area contributed by atoms with Gasteiger partial charge in [0.15, 0.2) is 9.84 Å². The summed E-state index contributed by atoms with van der Waals surface area (Å²) >= 11 is 0. The van der Waals surface area contributed by atoms with Gasteiger partial charge in [0.1, 0.15) is 12.1 Å². The molecule has 6 nitrogen and oxygen atoms in total. The molecular formula is C11H8FNO5S. The van der Waals surface area contributed by atoms with E-state index in [1.165, 1.54) is 12.5 Å². The second kappa shape index (κ2) is 4.81. The summed E-state index contributed by atoms with van der Waals surface area (Å²) in [6.45, 7) is 0. The lowest BCUT2D eigenvalue weighted by molar-refractivity contribution is 0.0691. The Morgan fingerprint density at radius 3 is 2.74 bits per heavy atom. The van der Waals surface area contributed by atoms with E-state index in [1.54, 1.807) is 0 Å². The van der Waals surface area contributed by atoms with E-state index < -0.39 is 32.9 Å². The van der Waals surface area contributed by atoms with Gasteiger partial charge < -0.3 is 9.63 Å². The highest BCUT2D eigenvalue weighted by atomic mass is 32.2. The van der Waals surface area contributed by atoms with E-state index in [0.29, 0.717) is 5.56 Å². The second-order valence-corrected chi connectivity index (χ2v) is 5.73. The van der Waals surface area contributed by atoms with Crippen LogP contribution < -0.4 is 0 Å². The van der Waals surface area contributed by atoms with Crippen molar-refractivity contribution in [1.29, 1.82) is 0 Å². The van der Waals surface area contributed by atoms with Crippen LogP contribution in [0.1, 0.15) is 15.9 Å². The Hall–Kier alpha value is -2.22. The molecule has 8 heteroatoms. The molecule has 0 fully saturated rings. The highest BCUT2D eigenvalue weighted by Crippen LogP contribution is 2.19. The van der Waals surface area contributed by atoms with Crippen molar-refractivity contribution in [3.63, 3.8) is 0 Å². The summed E-state index contributed by atoms with van der Waals surface area (Å²) in [4.78, 5) is 10.5. The molecule has 1 N–H and O–H groups in total. The molecule has 0 aliphatic heterocycles. The third-order valence-electron chi connectivity index (χ3n) is 2.37. The molecule has 0 bridgehead atoms. The average molecular weight is 285 g/mol. The summed E-state index contributed by atoms with van der Waals surface area (Å²) in [5.41, 5.74) is -0.368. The number of carbonyl (C=O) groups is 1. The Bertz CT molecular complexity index is 709. The van der Waals surface area contributed by atoms with Crippen molar-refractivity contribution in [1.82, 2.24) is 5.16 Å². The number of carboxylic acid groups (broad SMARTS) is 1. The largest absolute Gasteiger partial charge is 0.478 e. The number of benzene rings is 1. The normalized spacial score (nSPS) is 11.4. The maximum absolute atomic E-state index is 13.2. The molecule has 0 aliphatic carbocycles. The first-order valence-corrected chi connectivity index (χ1v) is 6.69. The predicted molar refractivity (Wildman–Crippen MR) is 60.8 cm³/mol. The van der Waals surface area contributed by atoms with Crippen molar-refractivity contribution in [3.05, 3.63) is 47.6 Å². The number of hydrogen-bond donors (Lipinski definition) is 1. The molecule has 0 radical (unpaired) electrons. The van der Waals surface area contributed by atoms with Gasteiger partial charge in [0.25, 0.3) is 0 Å². The van der Waals surface area contributed by atoms with Crippen LogP contribution in [0.2, 0.25) is 0 Å². The van der Waals surface area contributed by atoms with Crippen molar-refractivity contribution < 1.29 is 27.2 Å². The van der Waals surface area contributed by atoms with Gasteiger partial charge in [0.2, 0.25) is 0 Å². The van der Waals surface area contributed by atoms with Crippen LogP contribution in [0.3, 0.4) is 0 Å². The van der Waals surface area contributed by atoms with Crippen LogP contribution in [0.4, 0.5) is 4.39 Å². The van der Waals surface area contributed by atoms with Crippen LogP contribution >= 0.6 is 0 Å². The van der Waals surface area contributed by atoms with Crippen LogP contribution in [0.5, 0.6) is 0 Å². The van der Waals surface area contributed by atoms with Gasteiger partial charge in [-0.2, -0.15) is 0 Å². The van der Waals surface area contributed by atoms with Gasteiger partial charge in [-0.15, -0.1) is 0 Å². The fourth-order valence-corrected chi connectivity index (χ4v) is 2.78. The van der Waals surface area contributed by atoms with Gasteiger partial charge in [-0.3, -0.25) is 0 Å². The fourth-order valence-electron chi connectivity index (χ4n) is 1.46. The number of carboxylic acids is 1. The standard InChI is InChI=1S/C11H8FNO5S/c12-10-2-1-8(3-9(10)11(14)15)19(16,17)6-7-4-13-18-5-7/h1-5H,6H2,(H,14,15). The third-order valence-corrected chi connectivity index (χ3v) is 4.05. The number of sulfone groups is 1. The highest BCUT2D eigenvalue weighted by Gasteiger charge is 2.20. The molecule has 1 aromatic carbocycles. The highest BCUT2D eigenvalue weighted by molar-refractivity contribution is 7.90. The fraction of sp³-hybridized carbons (Fsp3) is 0.0909. The van der Waals surface area contributed by atoms with E-state index in [0.717, 1.165) is 18.2 Å². The van der Waals surface area contributed by atoms with E-state index >= 15 is 0 Å². The van der Waals surface area contributed by atoms with E-state index in [-0.39, 0.29) is 4.90 Å². The zero-order chi connectivity index (χ0) is 14.0. The van der Waals surface area contributed by atoms with E-state index in [4.69, 9.17) is 5.11 Å². The Morgan fingerprint density at radius 2 is 2.16 bits per heavy atom. The number of hydrogen-bond acceptors (Lipinski definition) is 5. The van der Waals surface area contributed by atoms with E-state index in [2.05, 4.69) is 9.68 Å². The summed E-state index contributed by atoms with van der Waals surface area (Å²) in [7, 11) is -3.79. The number of aromatic nitrogens is 1. The minimum atomic E-state index is -3.79. The molecule has 0 saturated heterocycles. The Morgan fingerprint density at radius 1 is 1.42 bits per heavy atom. The number of nitrogens with zero attached hydrogens (tertiary/aromatic N) is 1. The first-order chi connectivity index (χ1) is 8.90. The van der Waals surface area contributed by atoms with Crippen molar-refractivity contribution in [2.24, 2.45) is 0 Å². The van der Waals surface area contributed by atoms with Crippen molar-refractivity contribution in [2.45, 2.75) is 10.6 Å². The number of rotatable bonds is 4. The van der Waals surface area contributed by atoms with E-state index in [1.807, 2.05) is 0 Å². The van der Waals surface area contributed by atoms with Crippen molar-refractivity contribution in [3.8, 4) is 0 Å². The van der Waals surface area contributed by atoms with Crippen molar-refractivity contribution in [2.75, 3.05) is 0 Å². The number of aromatic carboxylic acids is 1. The summed E-state index contributed by atoms with van der Waals surface area (Å²) in [6.07, 6.45) is 2.40. The molecule has 1 heterocycles. The topological polar surface area (TPSA) is 97.5 Å². The van der Waals surface area contributed by atoms with E-state index in [9.17, 15) is 17.6 Å². The molecule has 0 saturated carbocycles. The maximum atomic E-state index is 13.2. The van der Waals surface area contributed by atoms with Crippen molar-refractivity contribution >= 4 is 15.8 Å². The predicted octanol–water partition coefficient (Wildman–Crippen LogP) is 1.49. The Balaban J connectivity index is 2.41. The minimum absolute atomic E-state index is 0.271. The summed E-state index contributed by atoms with van der Waals surface area (Å²) < 4.78 is 41.7. The van der Waals surface area contributed by atoms with Crippen LogP contribution in [-0.2, 0) is 15.6 Å². The molecule has 2 aromatic rings. The number of halogens is 1. The van der Waals surface area contributed by atoms with Gasteiger partial charge in [0, 0.05) is 5.56 Å². The Labute approximate surface area is 107 Å². The zero-order valence-electron chi connectivity index (χ0n) is 9.41. The second-order valence-electron chi connectivity index (χ2n) is 3.74. The lowest BCUT2D eigenvalue weighted by atomic mass is 10.2. The van der Waals surface area contributed by atoms with Crippen LogP contribution in [0.25, 0.3) is 0 Å². The van der Waals surface area contributed by atoms with Gasteiger partial charge in [-0.05, 0) is 18.2 Å². The molecule has 0 atom stereocenters. The SMILES string of the molecule is O=C(O)c1cc(S(=O)(=O)Cc2cnoc2)ccc1F. The molecule has 19 heavy (non-hydrogen) atoms. The Kier molecular flexibility index (Phi) is 3.34. The average Bonchev–Trinajstić information content (AvgIpc) is 2.80. The maximum Gasteiger partial charge on any atom is 0.338 e. The third kappa shape index (κ3) is 2.79. The molecule has 100 valence electrons. The van der Waals surface area contributed by atoms with Crippen LogP contribution in [0.15, 0.2) is 40.1 Å². The lowest BCUT2D eigenvalue weighted by Gasteiger charge is -2.04. The summed E-state index contributed by atoms with van der Waals surface area (Å²) in [6, 6.07) is 2.62. The summed E-state index contributed by atoms with van der Waals surface area (Å²) in [5.74, 6) is -2.92. The monoisotopic (exact) mass is 285 g/mol. The molecule has 0 aliphatic rings. The molecule has 0 unspecified atom stereocenters. The molecule has 2 rings (SSSR count). The first kappa shape index (κ1) is 13.2.